The van der Waals surface area contributed by atoms with Gasteiger partial charge in [-0.05, 0) is 72.3 Å². The molecule has 6 nitrogen and oxygen atoms in total. The average molecular weight is 538 g/mol. The molecule has 3 heterocycles. The fourth-order valence-corrected chi connectivity index (χ4v) is 6.16. The van der Waals surface area contributed by atoms with E-state index in [-0.39, 0.29) is 23.1 Å². The van der Waals surface area contributed by atoms with Gasteiger partial charge >= 0.3 is 5.97 Å². The van der Waals surface area contributed by atoms with Gasteiger partial charge < -0.3 is 9.52 Å². The summed E-state index contributed by atoms with van der Waals surface area (Å²) >= 11 is 0. The van der Waals surface area contributed by atoms with Gasteiger partial charge in [-0.3, -0.25) is 14.7 Å². The first kappa shape index (κ1) is 24.6. The summed E-state index contributed by atoms with van der Waals surface area (Å²) in [6.45, 7) is 1.11. The Morgan fingerprint density at radius 3 is 2.55 bits per heavy atom. The summed E-state index contributed by atoms with van der Waals surface area (Å²) < 4.78 is 37.5. The van der Waals surface area contributed by atoms with E-state index in [2.05, 4.69) is 14.9 Å². The van der Waals surface area contributed by atoms with Crippen molar-refractivity contribution in [2.45, 2.75) is 25.3 Å². The topological polar surface area (TPSA) is 79.5 Å². The Hall–Kier alpha value is -4.43. The lowest BCUT2D eigenvalue weighted by Crippen LogP contribution is -2.26. The highest BCUT2D eigenvalue weighted by Gasteiger charge is 2.37. The van der Waals surface area contributed by atoms with Gasteiger partial charge in [0.15, 0.2) is 11.4 Å². The fourth-order valence-electron chi connectivity index (χ4n) is 6.16. The third-order valence-corrected chi connectivity index (χ3v) is 8.19. The van der Waals surface area contributed by atoms with Crippen LogP contribution in [0.15, 0.2) is 77.5 Å². The monoisotopic (exact) mass is 537 g/mol. The number of pyridine rings is 1. The molecule has 1 saturated heterocycles. The van der Waals surface area contributed by atoms with E-state index in [1.807, 2.05) is 42.5 Å². The lowest BCUT2D eigenvalue weighted by atomic mass is 9.98. The van der Waals surface area contributed by atoms with Gasteiger partial charge in [0.05, 0.1) is 11.5 Å². The van der Waals surface area contributed by atoms with Gasteiger partial charge in [0.2, 0.25) is 5.89 Å². The van der Waals surface area contributed by atoms with Crippen LogP contribution < -0.4 is 0 Å². The van der Waals surface area contributed by atoms with Crippen LogP contribution in [0.5, 0.6) is 0 Å². The first-order chi connectivity index (χ1) is 19.5. The maximum atomic E-state index is 16.0. The number of aliphatic carboxylic acids is 1. The van der Waals surface area contributed by atoms with E-state index >= 15 is 8.78 Å². The van der Waals surface area contributed by atoms with Crippen molar-refractivity contribution in [1.82, 2.24) is 14.9 Å². The summed E-state index contributed by atoms with van der Waals surface area (Å²) in [5.74, 6) is -2.15. The van der Waals surface area contributed by atoms with E-state index in [1.165, 1.54) is 0 Å². The van der Waals surface area contributed by atoms with Crippen LogP contribution in [0.2, 0.25) is 0 Å². The molecule has 2 atom stereocenters. The molecule has 40 heavy (non-hydrogen) atoms. The standard InChI is InChI=1S/C32H25F2N3O3/c33-28-22(19-5-1-4-18(14-19)20-6-3-12-35-16-20)7-2-8-24(28)31-36-26-15-25-23(29(34)30(26)40-31)9-10-27(25)37-13-11-21(17-37)32(38)39/h1-8,12,14-16,21,27H,9-11,13,17H2,(H,38,39)/t21-,27-/m1/s1. The molecule has 0 radical (unpaired) electrons. The van der Waals surface area contributed by atoms with Gasteiger partial charge in [-0.2, -0.15) is 0 Å². The lowest BCUT2D eigenvalue weighted by Gasteiger charge is -2.24. The Bertz CT molecular complexity index is 1770. The molecular weight excluding hydrogens is 512 g/mol. The van der Waals surface area contributed by atoms with Crippen LogP contribution in [0.1, 0.15) is 30.0 Å². The molecule has 5 aromatic rings. The van der Waals surface area contributed by atoms with Crippen LogP contribution in [0, 0.1) is 17.6 Å². The second-order valence-corrected chi connectivity index (χ2v) is 10.5. The van der Waals surface area contributed by atoms with Crippen LogP contribution in [-0.4, -0.2) is 39.0 Å². The fraction of sp³-hybridized carbons (Fsp3) is 0.219. The van der Waals surface area contributed by atoms with Crippen molar-refractivity contribution in [1.29, 1.82) is 0 Å². The minimum Gasteiger partial charge on any atom is -0.481 e. The maximum Gasteiger partial charge on any atom is 0.307 e. The lowest BCUT2D eigenvalue weighted by molar-refractivity contribution is -0.141. The highest BCUT2D eigenvalue weighted by Crippen LogP contribution is 2.43. The smallest absolute Gasteiger partial charge is 0.307 e. The molecule has 2 aliphatic rings. The third-order valence-electron chi connectivity index (χ3n) is 8.19. The highest BCUT2D eigenvalue weighted by molar-refractivity contribution is 5.81. The quantitative estimate of drug-likeness (QED) is 0.263. The molecule has 0 bridgehead atoms. The molecule has 0 unspecified atom stereocenters. The van der Waals surface area contributed by atoms with E-state index in [9.17, 15) is 9.90 Å². The van der Waals surface area contributed by atoms with Gasteiger partial charge in [0, 0.05) is 36.1 Å². The summed E-state index contributed by atoms with van der Waals surface area (Å²) in [6, 6.07) is 18.1. The van der Waals surface area contributed by atoms with E-state index in [1.54, 1.807) is 30.6 Å². The van der Waals surface area contributed by atoms with Gasteiger partial charge in [-0.25, -0.2) is 13.8 Å². The molecule has 8 heteroatoms. The number of nitrogens with zero attached hydrogens (tertiary/aromatic N) is 3. The molecule has 3 aromatic carbocycles. The van der Waals surface area contributed by atoms with E-state index in [0.717, 1.165) is 16.7 Å². The maximum absolute atomic E-state index is 16.0. The van der Waals surface area contributed by atoms with Crippen LogP contribution in [-0.2, 0) is 11.2 Å². The molecule has 1 fully saturated rings. The Morgan fingerprint density at radius 2 is 1.75 bits per heavy atom. The number of halogens is 2. The number of benzene rings is 3. The normalized spacial score (nSPS) is 18.9. The molecule has 2 aromatic heterocycles. The van der Waals surface area contributed by atoms with Gasteiger partial charge in [-0.1, -0.05) is 36.4 Å². The number of carboxylic acid groups (broad SMARTS) is 1. The molecule has 200 valence electrons. The van der Waals surface area contributed by atoms with Gasteiger partial charge in [0.1, 0.15) is 11.3 Å². The van der Waals surface area contributed by atoms with Crippen LogP contribution in [0.3, 0.4) is 0 Å². The molecule has 0 spiro atoms. The van der Waals surface area contributed by atoms with E-state index in [0.29, 0.717) is 54.6 Å². The zero-order valence-electron chi connectivity index (χ0n) is 21.5. The van der Waals surface area contributed by atoms with Crippen molar-refractivity contribution in [2.75, 3.05) is 13.1 Å². The summed E-state index contributed by atoms with van der Waals surface area (Å²) in [7, 11) is 0. The number of fused-ring (bicyclic) bond motifs is 2. The SMILES string of the molecule is O=C(O)[C@@H]1CCN([C@@H]2CCc3c2cc2nc(-c4cccc(-c5cccc(-c6cccnc6)c5)c4F)oc2c3F)C1. The predicted octanol–water partition coefficient (Wildman–Crippen LogP) is 6.90. The number of likely N-dealkylation sites (tertiary alicyclic amines) is 1. The van der Waals surface area contributed by atoms with Crippen molar-refractivity contribution >= 4 is 17.1 Å². The average Bonchev–Trinajstić information content (AvgIpc) is 3.73. The summed E-state index contributed by atoms with van der Waals surface area (Å²) in [5.41, 5.74) is 4.80. The first-order valence-corrected chi connectivity index (χ1v) is 13.4. The molecule has 0 amide bonds. The van der Waals surface area contributed by atoms with E-state index < -0.39 is 23.5 Å². The molecular formula is C32H25F2N3O3. The number of rotatable bonds is 5. The Kier molecular flexibility index (Phi) is 5.93. The second kappa shape index (κ2) is 9.64. The highest BCUT2D eigenvalue weighted by atomic mass is 19.1. The molecule has 7 rings (SSSR count). The summed E-state index contributed by atoms with van der Waals surface area (Å²) in [6.07, 6.45) is 5.29. The predicted molar refractivity (Wildman–Crippen MR) is 146 cm³/mol. The van der Waals surface area contributed by atoms with Crippen molar-refractivity contribution < 1.29 is 23.1 Å². The van der Waals surface area contributed by atoms with Gasteiger partial charge in [-0.15, -0.1) is 0 Å². The Morgan fingerprint density at radius 1 is 0.950 bits per heavy atom. The van der Waals surface area contributed by atoms with Crippen molar-refractivity contribution in [3.8, 4) is 33.7 Å². The number of oxazole rings is 1. The number of hydrogen-bond donors (Lipinski definition) is 1. The Labute approximate surface area is 228 Å². The van der Waals surface area contributed by atoms with Crippen molar-refractivity contribution in [3.63, 3.8) is 0 Å². The van der Waals surface area contributed by atoms with Crippen molar-refractivity contribution in [2.24, 2.45) is 5.92 Å². The molecule has 1 aliphatic carbocycles. The van der Waals surface area contributed by atoms with Crippen LogP contribution in [0.4, 0.5) is 8.78 Å². The van der Waals surface area contributed by atoms with E-state index in [4.69, 9.17) is 4.42 Å². The minimum absolute atomic E-state index is 0.0163. The van der Waals surface area contributed by atoms with Crippen LogP contribution >= 0.6 is 0 Å². The minimum atomic E-state index is -0.795. The zero-order valence-corrected chi connectivity index (χ0v) is 21.5. The number of carbonyl (C=O) groups is 1. The summed E-state index contributed by atoms with van der Waals surface area (Å²) in [4.78, 5) is 22.3. The first-order valence-electron chi connectivity index (χ1n) is 13.4. The van der Waals surface area contributed by atoms with Gasteiger partial charge in [0.25, 0.3) is 0 Å². The third kappa shape index (κ3) is 4.07. The number of carboxylic acids is 1. The summed E-state index contributed by atoms with van der Waals surface area (Å²) in [5, 5.41) is 9.40. The van der Waals surface area contributed by atoms with Crippen molar-refractivity contribution in [3.05, 3.63) is 95.8 Å². The number of hydrogen-bond acceptors (Lipinski definition) is 5. The molecule has 0 saturated carbocycles. The Balaban J connectivity index is 1.25. The largest absolute Gasteiger partial charge is 0.481 e. The number of aromatic nitrogens is 2. The molecule has 1 aliphatic heterocycles. The second-order valence-electron chi connectivity index (χ2n) is 10.5. The zero-order chi connectivity index (χ0) is 27.4. The van der Waals surface area contributed by atoms with Crippen LogP contribution in [0.25, 0.3) is 44.8 Å². The molecule has 1 N–H and O–H groups in total.